The van der Waals surface area contributed by atoms with Gasteiger partial charge in [0, 0.05) is 12.1 Å². The van der Waals surface area contributed by atoms with Gasteiger partial charge in [0.1, 0.15) is 11.5 Å². The molecule has 0 saturated carbocycles. The Bertz CT molecular complexity index is 506. The monoisotopic (exact) mass is 239 g/mol. The topological polar surface area (TPSA) is 100 Å². The second-order valence-electron chi connectivity index (χ2n) is 3.13. The highest BCUT2D eigenvalue weighted by atomic mass is 19.1. The molecule has 1 atom stereocenters. The van der Waals surface area contributed by atoms with Crippen LogP contribution in [0.5, 0.6) is 0 Å². The quantitative estimate of drug-likeness (QED) is 0.480. The van der Waals surface area contributed by atoms with Crippen LogP contribution in [0, 0.1) is 15.9 Å². The summed E-state index contributed by atoms with van der Waals surface area (Å²) in [5.41, 5.74) is 1.82. The molecule has 1 aliphatic heterocycles. The second kappa shape index (κ2) is 4.12. The Morgan fingerprint density at radius 3 is 3.00 bits per heavy atom. The van der Waals surface area contributed by atoms with Gasteiger partial charge in [0.15, 0.2) is 6.29 Å². The summed E-state index contributed by atoms with van der Waals surface area (Å²) in [6.07, 6.45) is -0.603. The van der Waals surface area contributed by atoms with E-state index in [1.807, 2.05) is 0 Å². The van der Waals surface area contributed by atoms with E-state index in [4.69, 9.17) is 0 Å². The summed E-state index contributed by atoms with van der Waals surface area (Å²) in [6, 6.07) is 2.96. The van der Waals surface area contributed by atoms with Crippen molar-refractivity contribution < 1.29 is 14.1 Å². The zero-order valence-electron chi connectivity index (χ0n) is 8.28. The van der Waals surface area contributed by atoms with E-state index in [0.29, 0.717) is 6.29 Å². The van der Waals surface area contributed by atoms with Gasteiger partial charge in [-0.05, 0) is 6.07 Å². The lowest BCUT2D eigenvalue weighted by Crippen LogP contribution is -2.38. The minimum atomic E-state index is -1.04. The van der Waals surface area contributed by atoms with Crippen molar-refractivity contribution in [2.24, 2.45) is 10.3 Å². The third-order valence-corrected chi connectivity index (χ3v) is 2.11. The lowest BCUT2D eigenvalue weighted by Gasteiger charge is -2.19. The molecule has 1 unspecified atom stereocenters. The predicted octanol–water partition coefficient (Wildman–Crippen LogP) is 0.951. The number of nitrogens with one attached hydrogen (secondary N) is 1. The number of aldehydes is 1. The number of hydrazine groups is 1. The van der Waals surface area contributed by atoms with Crippen LogP contribution in [0.15, 0.2) is 28.5 Å². The first-order valence-electron chi connectivity index (χ1n) is 4.47. The summed E-state index contributed by atoms with van der Waals surface area (Å²) in [6.45, 7) is 0. The van der Waals surface area contributed by atoms with Crippen molar-refractivity contribution in [3.8, 4) is 0 Å². The fraction of sp³-hybridized carbons (Fsp3) is 0.125. The highest BCUT2D eigenvalue weighted by Crippen LogP contribution is 2.26. The van der Waals surface area contributed by atoms with Gasteiger partial charge in [-0.25, -0.2) is 9.40 Å². The first-order valence-corrected chi connectivity index (χ1v) is 4.47. The van der Waals surface area contributed by atoms with Crippen molar-refractivity contribution in [3.05, 3.63) is 34.1 Å². The van der Waals surface area contributed by atoms with E-state index in [1.54, 1.807) is 0 Å². The maximum atomic E-state index is 13.5. The van der Waals surface area contributed by atoms with Gasteiger partial charge in [0.05, 0.1) is 4.92 Å². The molecule has 0 saturated heterocycles. The molecule has 9 heteroatoms. The van der Waals surface area contributed by atoms with Crippen molar-refractivity contribution >= 4 is 17.7 Å². The molecule has 8 nitrogen and oxygen atoms in total. The van der Waals surface area contributed by atoms with Gasteiger partial charge < -0.3 is 0 Å². The summed E-state index contributed by atoms with van der Waals surface area (Å²) < 4.78 is 13.5. The van der Waals surface area contributed by atoms with Crippen LogP contribution in [0.3, 0.4) is 0 Å². The minimum absolute atomic E-state index is 0.165. The lowest BCUT2D eigenvalue weighted by molar-refractivity contribution is -0.384. The summed E-state index contributed by atoms with van der Waals surface area (Å²) in [4.78, 5) is 20.5. The Labute approximate surface area is 93.8 Å². The average Bonchev–Trinajstić information content (AvgIpc) is 2.77. The summed E-state index contributed by atoms with van der Waals surface area (Å²) in [5, 5.41) is 18.4. The average molecular weight is 239 g/mol. The van der Waals surface area contributed by atoms with Crippen LogP contribution in [0.4, 0.5) is 15.8 Å². The van der Waals surface area contributed by atoms with E-state index in [-0.39, 0.29) is 11.4 Å². The summed E-state index contributed by atoms with van der Waals surface area (Å²) >= 11 is 0. The van der Waals surface area contributed by atoms with Crippen LogP contribution in [-0.2, 0) is 4.79 Å². The molecule has 17 heavy (non-hydrogen) atoms. The van der Waals surface area contributed by atoms with E-state index < -0.39 is 16.9 Å². The number of carbonyl (C=O) groups excluding carboxylic acids is 1. The summed E-state index contributed by atoms with van der Waals surface area (Å²) in [5.74, 6) is -0.720. The molecule has 0 aliphatic carbocycles. The van der Waals surface area contributed by atoms with E-state index in [0.717, 1.165) is 23.2 Å². The molecule has 88 valence electrons. The third kappa shape index (κ3) is 1.89. The molecule has 1 aliphatic rings. The number of nitro benzene ring substituents is 1. The minimum Gasteiger partial charge on any atom is -0.299 e. The van der Waals surface area contributed by atoms with Crippen LogP contribution in [-0.4, -0.2) is 17.4 Å². The molecular weight excluding hydrogens is 233 g/mol. The zero-order chi connectivity index (χ0) is 12.4. The van der Waals surface area contributed by atoms with Gasteiger partial charge >= 0.3 is 0 Å². The highest BCUT2D eigenvalue weighted by molar-refractivity contribution is 5.67. The lowest BCUT2D eigenvalue weighted by atomic mass is 10.2. The standard InChI is InChI=1S/C8H6FN5O3/c9-6-2-1-5(14(16)17)3-7(6)13-8(4-15)10-11-12-13/h1-4,8H,(H,10,12). The van der Waals surface area contributed by atoms with Crippen LogP contribution in [0.25, 0.3) is 0 Å². The van der Waals surface area contributed by atoms with Crippen LogP contribution >= 0.6 is 0 Å². The molecule has 1 N–H and O–H groups in total. The molecule has 1 heterocycles. The number of nitrogens with zero attached hydrogens (tertiary/aromatic N) is 4. The van der Waals surface area contributed by atoms with Crippen LogP contribution in [0.2, 0.25) is 0 Å². The smallest absolute Gasteiger partial charge is 0.271 e. The Kier molecular flexibility index (Phi) is 2.65. The fourth-order valence-electron chi connectivity index (χ4n) is 1.33. The maximum absolute atomic E-state index is 13.5. The molecule has 0 amide bonds. The maximum Gasteiger partial charge on any atom is 0.271 e. The second-order valence-corrected chi connectivity index (χ2v) is 3.13. The van der Waals surface area contributed by atoms with Gasteiger partial charge in [-0.15, -0.1) is 5.11 Å². The number of non-ortho nitro benzene ring substituents is 1. The van der Waals surface area contributed by atoms with E-state index in [1.165, 1.54) is 0 Å². The molecular formula is C8H6FN5O3. The van der Waals surface area contributed by atoms with Gasteiger partial charge in [0.2, 0.25) is 6.17 Å². The van der Waals surface area contributed by atoms with Crippen molar-refractivity contribution in [1.29, 1.82) is 0 Å². The number of hydrogen-bond donors (Lipinski definition) is 1. The largest absolute Gasteiger partial charge is 0.299 e. The molecule has 1 aromatic rings. The SMILES string of the molecule is O=CC1N=NNN1c1cc([N+](=O)[O-])ccc1F. The number of hydrogen-bond acceptors (Lipinski definition) is 7. The number of anilines is 1. The van der Waals surface area contributed by atoms with Crippen molar-refractivity contribution in [2.75, 3.05) is 5.01 Å². The molecule has 0 spiro atoms. The van der Waals surface area contributed by atoms with E-state index in [9.17, 15) is 19.3 Å². The van der Waals surface area contributed by atoms with Crippen molar-refractivity contribution in [2.45, 2.75) is 6.17 Å². The van der Waals surface area contributed by atoms with Gasteiger partial charge in [0.25, 0.3) is 5.69 Å². The van der Waals surface area contributed by atoms with Crippen molar-refractivity contribution in [1.82, 2.24) is 5.53 Å². The molecule has 0 aromatic heterocycles. The molecule has 0 bridgehead atoms. The van der Waals surface area contributed by atoms with Crippen LogP contribution < -0.4 is 10.5 Å². The van der Waals surface area contributed by atoms with Gasteiger partial charge in [-0.1, -0.05) is 5.22 Å². The number of halogens is 1. The Balaban J connectivity index is 2.40. The van der Waals surface area contributed by atoms with Crippen LogP contribution in [0.1, 0.15) is 0 Å². The number of carbonyl (C=O) groups is 1. The zero-order valence-corrected chi connectivity index (χ0v) is 8.28. The Hall–Kier alpha value is -2.58. The Morgan fingerprint density at radius 1 is 1.59 bits per heavy atom. The highest BCUT2D eigenvalue weighted by Gasteiger charge is 2.26. The number of rotatable bonds is 3. The fourth-order valence-corrected chi connectivity index (χ4v) is 1.33. The predicted molar refractivity (Wildman–Crippen MR) is 53.4 cm³/mol. The van der Waals surface area contributed by atoms with E-state index >= 15 is 0 Å². The Morgan fingerprint density at radius 2 is 2.35 bits per heavy atom. The summed E-state index contributed by atoms with van der Waals surface area (Å²) in [7, 11) is 0. The third-order valence-electron chi connectivity index (χ3n) is 2.11. The molecule has 0 radical (unpaired) electrons. The van der Waals surface area contributed by atoms with Gasteiger partial charge in [-0.3, -0.25) is 14.9 Å². The molecule has 0 fully saturated rings. The molecule has 1 aromatic carbocycles. The molecule has 2 rings (SSSR count). The van der Waals surface area contributed by atoms with E-state index in [2.05, 4.69) is 15.9 Å². The van der Waals surface area contributed by atoms with Crippen molar-refractivity contribution in [3.63, 3.8) is 0 Å². The first kappa shape index (κ1) is 10.9. The number of benzene rings is 1. The first-order chi connectivity index (χ1) is 8.13. The number of nitro groups is 1. The normalized spacial score (nSPS) is 17.9. The van der Waals surface area contributed by atoms with Gasteiger partial charge in [-0.2, -0.15) is 5.53 Å².